The molecule has 2 rings (SSSR count). The number of hydrogen-bond acceptors (Lipinski definition) is 3. The number of aliphatic imine (C=N–C) groups is 1. The van der Waals surface area contributed by atoms with Gasteiger partial charge in [-0.2, -0.15) is 0 Å². The van der Waals surface area contributed by atoms with E-state index in [1.165, 1.54) is 11.1 Å². The fourth-order valence-electron chi connectivity index (χ4n) is 2.97. The summed E-state index contributed by atoms with van der Waals surface area (Å²) in [5.41, 5.74) is 3.70. The zero-order valence-corrected chi connectivity index (χ0v) is 17.5. The zero-order valence-electron chi connectivity index (χ0n) is 17.5. The second-order valence-corrected chi connectivity index (χ2v) is 7.37. The van der Waals surface area contributed by atoms with Crippen molar-refractivity contribution in [2.24, 2.45) is 4.99 Å². The number of aliphatic hydroxyl groups excluding tert-OH is 1. The summed E-state index contributed by atoms with van der Waals surface area (Å²) in [5.74, 6) is 0.771. The Bertz CT molecular complexity index is 730. The van der Waals surface area contributed by atoms with Crippen LogP contribution in [0.3, 0.4) is 0 Å². The summed E-state index contributed by atoms with van der Waals surface area (Å²) in [4.78, 5) is 6.66. The van der Waals surface area contributed by atoms with Crippen LogP contribution in [0.5, 0.6) is 0 Å². The SMILES string of the molecule is CN=C(NCc1ccccc1CN(C)C(C)C)NCC(CO)c1ccccc1. The molecule has 0 fully saturated rings. The van der Waals surface area contributed by atoms with Crippen LogP contribution >= 0.6 is 0 Å². The van der Waals surface area contributed by atoms with Crippen molar-refractivity contribution in [2.45, 2.75) is 38.9 Å². The van der Waals surface area contributed by atoms with Crippen LogP contribution in [0.1, 0.15) is 36.5 Å². The highest BCUT2D eigenvalue weighted by atomic mass is 16.3. The van der Waals surface area contributed by atoms with Crippen molar-refractivity contribution in [2.75, 3.05) is 27.2 Å². The molecule has 1 atom stereocenters. The zero-order chi connectivity index (χ0) is 20.4. The third-order valence-electron chi connectivity index (χ3n) is 5.10. The number of hydrogen-bond donors (Lipinski definition) is 3. The Morgan fingerprint density at radius 1 is 1.00 bits per heavy atom. The Kier molecular flexibility index (Phi) is 8.98. The summed E-state index contributed by atoms with van der Waals surface area (Å²) in [6, 6.07) is 19.1. The molecule has 5 nitrogen and oxygen atoms in total. The van der Waals surface area contributed by atoms with Crippen LogP contribution in [-0.4, -0.2) is 49.3 Å². The fourth-order valence-corrected chi connectivity index (χ4v) is 2.97. The molecule has 1 unspecified atom stereocenters. The third-order valence-corrected chi connectivity index (χ3v) is 5.10. The maximum Gasteiger partial charge on any atom is 0.191 e. The van der Waals surface area contributed by atoms with E-state index in [4.69, 9.17) is 0 Å². The number of aliphatic hydroxyl groups is 1. The summed E-state index contributed by atoms with van der Waals surface area (Å²) in [7, 11) is 3.91. The van der Waals surface area contributed by atoms with Gasteiger partial charge in [0.05, 0.1) is 6.61 Å². The topological polar surface area (TPSA) is 59.9 Å². The van der Waals surface area contributed by atoms with Gasteiger partial charge in [0.15, 0.2) is 5.96 Å². The van der Waals surface area contributed by atoms with E-state index in [0.29, 0.717) is 19.1 Å². The minimum atomic E-state index is 0.0340. The van der Waals surface area contributed by atoms with Crippen LogP contribution in [0.25, 0.3) is 0 Å². The van der Waals surface area contributed by atoms with E-state index in [9.17, 15) is 5.11 Å². The number of rotatable bonds is 9. The van der Waals surface area contributed by atoms with Crippen LogP contribution in [0.4, 0.5) is 0 Å². The number of nitrogens with one attached hydrogen (secondary N) is 2. The van der Waals surface area contributed by atoms with Gasteiger partial charge in [0, 0.05) is 38.6 Å². The first-order chi connectivity index (χ1) is 13.5. The lowest BCUT2D eigenvalue weighted by Gasteiger charge is -2.23. The van der Waals surface area contributed by atoms with Crippen LogP contribution in [0, 0.1) is 0 Å². The molecule has 0 spiro atoms. The van der Waals surface area contributed by atoms with Crippen molar-refractivity contribution < 1.29 is 5.11 Å². The molecule has 0 amide bonds. The van der Waals surface area contributed by atoms with Gasteiger partial charge in [-0.05, 0) is 37.6 Å². The first kappa shape index (κ1) is 21.9. The highest BCUT2D eigenvalue weighted by Crippen LogP contribution is 2.14. The van der Waals surface area contributed by atoms with Crippen LogP contribution in [-0.2, 0) is 13.1 Å². The van der Waals surface area contributed by atoms with Crippen molar-refractivity contribution in [1.29, 1.82) is 0 Å². The van der Waals surface area contributed by atoms with Crippen molar-refractivity contribution in [3.05, 3.63) is 71.3 Å². The lowest BCUT2D eigenvalue weighted by Crippen LogP contribution is -2.39. The number of guanidine groups is 1. The molecule has 28 heavy (non-hydrogen) atoms. The molecule has 0 heterocycles. The Morgan fingerprint density at radius 2 is 1.64 bits per heavy atom. The van der Waals surface area contributed by atoms with Crippen molar-refractivity contribution in [3.8, 4) is 0 Å². The molecule has 152 valence electrons. The van der Waals surface area contributed by atoms with Gasteiger partial charge in [0.25, 0.3) is 0 Å². The van der Waals surface area contributed by atoms with Crippen LogP contribution in [0.2, 0.25) is 0 Å². The van der Waals surface area contributed by atoms with Gasteiger partial charge in [0.2, 0.25) is 0 Å². The second kappa shape index (κ2) is 11.5. The molecule has 0 saturated carbocycles. The van der Waals surface area contributed by atoms with Gasteiger partial charge < -0.3 is 15.7 Å². The van der Waals surface area contributed by atoms with E-state index in [1.807, 2.05) is 30.3 Å². The van der Waals surface area contributed by atoms with Crippen molar-refractivity contribution >= 4 is 5.96 Å². The summed E-state index contributed by atoms with van der Waals surface area (Å²) in [6.45, 7) is 6.75. The minimum absolute atomic E-state index is 0.0340. The summed E-state index contributed by atoms with van der Waals surface area (Å²) in [6.07, 6.45) is 0. The van der Waals surface area contributed by atoms with Gasteiger partial charge in [-0.3, -0.25) is 9.89 Å². The van der Waals surface area contributed by atoms with Crippen LogP contribution in [0.15, 0.2) is 59.6 Å². The van der Waals surface area contributed by atoms with Crippen molar-refractivity contribution in [3.63, 3.8) is 0 Å². The molecule has 0 radical (unpaired) electrons. The monoisotopic (exact) mass is 382 g/mol. The smallest absolute Gasteiger partial charge is 0.191 e. The largest absolute Gasteiger partial charge is 0.396 e. The minimum Gasteiger partial charge on any atom is -0.396 e. The Morgan fingerprint density at radius 3 is 2.25 bits per heavy atom. The Labute approximate surface area is 169 Å². The molecule has 0 aliphatic carbocycles. The average Bonchev–Trinajstić information content (AvgIpc) is 2.72. The van der Waals surface area contributed by atoms with E-state index < -0.39 is 0 Å². The third kappa shape index (κ3) is 6.66. The highest BCUT2D eigenvalue weighted by molar-refractivity contribution is 5.79. The van der Waals surface area contributed by atoms with E-state index in [2.05, 4.69) is 65.7 Å². The van der Waals surface area contributed by atoms with Gasteiger partial charge >= 0.3 is 0 Å². The van der Waals surface area contributed by atoms with Crippen LogP contribution < -0.4 is 10.6 Å². The lowest BCUT2D eigenvalue weighted by atomic mass is 10.0. The number of benzene rings is 2. The first-order valence-electron chi connectivity index (χ1n) is 9.92. The summed E-state index contributed by atoms with van der Waals surface area (Å²) in [5, 5.41) is 16.5. The number of nitrogens with zero attached hydrogens (tertiary/aromatic N) is 2. The Balaban J connectivity index is 1.94. The van der Waals surface area contributed by atoms with Gasteiger partial charge in [-0.15, -0.1) is 0 Å². The second-order valence-electron chi connectivity index (χ2n) is 7.37. The molecule has 0 aromatic heterocycles. The molecular formula is C23H34N4O. The summed E-state index contributed by atoms with van der Waals surface area (Å²) >= 11 is 0. The van der Waals surface area contributed by atoms with Gasteiger partial charge in [0.1, 0.15) is 0 Å². The lowest BCUT2D eigenvalue weighted by molar-refractivity contribution is 0.264. The maximum absolute atomic E-state index is 9.73. The molecule has 2 aromatic rings. The van der Waals surface area contributed by atoms with E-state index >= 15 is 0 Å². The summed E-state index contributed by atoms with van der Waals surface area (Å²) < 4.78 is 0. The Hall–Kier alpha value is -2.37. The molecule has 2 aromatic carbocycles. The molecule has 3 N–H and O–H groups in total. The maximum atomic E-state index is 9.73. The molecule has 5 heteroatoms. The predicted molar refractivity (Wildman–Crippen MR) is 118 cm³/mol. The average molecular weight is 383 g/mol. The van der Waals surface area contributed by atoms with Gasteiger partial charge in [-0.1, -0.05) is 54.6 Å². The highest BCUT2D eigenvalue weighted by Gasteiger charge is 2.12. The fraction of sp³-hybridized carbons (Fsp3) is 0.435. The van der Waals surface area contributed by atoms with E-state index in [-0.39, 0.29) is 12.5 Å². The molecular weight excluding hydrogens is 348 g/mol. The molecule has 0 aliphatic heterocycles. The molecule has 0 saturated heterocycles. The normalized spacial score (nSPS) is 13.0. The molecule has 0 bridgehead atoms. The van der Waals surface area contributed by atoms with E-state index in [1.54, 1.807) is 7.05 Å². The van der Waals surface area contributed by atoms with Gasteiger partial charge in [-0.25, -0.2) is 0 Å². The van der Waals surface area contributed by atoms with Crippen molar-refractivity contribution in [1.82, 2.24) is 15.5 Å². The first-order valence-corrected chi connectivity index (χ1v) is 9.92. The predicted octanol–water partition coefficient (Wildman–Crippen LogP) is 2.97. The van der Waals surface area contributed by atoms with E-state index in [0.717, 1.165) is 18.1 Å². The standard InChI is InChI=1S/C23H34N4O/c1-18(2)27(4)16-21-13-9-8-12-20(21)14-25-23(24-3)26-15-22(17-28)19-10-6-5-7-11-19/h5-13,18,22,28H,14-17H2,1-4H3,(H2,24,25,26). The molecule has 0 aliphatic rings. The quantitative estimate of drug-likeness (QED) is 0.461.